The fraction of sp³-hybridized carbons (Fsp3) is 0.386. The zero-order valence-electron chi connectivity index (χ0n) is 34.1. The first-order chi connectivity index (χ1) is 29.1. The molecular formula is C44H50N5O11. The van der Waals surface area contributed by atoms with Gasteiger partial charge in [-0.25, -0.2) is 9.59 Å². The largest absolute Gasteiger partial charge is 0.497 e. The highest BCUT2D eigenvalue weighted by Crippen LogP contribution is 2.44. The molecule has 4 heterocycles. The first-order valence-corrected chi connectivity index (χ1v) is 19.6. The van der Waals surface area contributed by atoms with Crippen molar-refractivity contribution >= 4 is 0 Å². The highest BCUT2D eigenvalue weighted by Gasteiger charge is 2.48. The van der Waals surface area contributed by atoms with Crippen molar-refractivity contribution in [1.82, 2.24) is 24.0 Å². The molecule has 2 fully saturated rings. The molecule has 2 N–H and O–H groups in total. The number of nitrogens with one attached hydrogen (secondary N) is 2. The number of ether oxygens (including phenoxy) is 7. The Balaban J connectivity index is 1.19. The third-order valence-corrected chi connectivity index (χ3v) is 11.3. The summed E-state index contributed by atoms with van der Waals surface area (Å²) in [5.41, 5.74) is -0.832. The van der Waals surface area contributed by atoms with Gasteiger partial charge < -0.3 is 38.1 Å². The number of hydrogen-bond acceptors (Lipinski definition) is 12. The van der Waals surface area contributed by atoms with Crippen molar-refractivity contribution in [3.63, 3.8) is 0 Å². The number of nitrogens with zero attached hydrogens (tertiary/aromatic N) is 3. The van der Waals surface area contributed by atoms with Crippen LogP contribution in [0.2, 0.25) is 0 Å². The Kier molecular flexibility index (Phi) is 13.3. The van der Waals surface area contributed by atoms with Crippen molar-refractivity contribution < 1.29 is 33.2 Å². The first kappa shape index (κ1) is 42.5. The molecule has 5 aromatic rings. The molecule has 0 saturated carbocycles. The standard InChI is InChI=1S/C44H50N5O11/c1-47(26-33-25-35(56-4)40(59-33)48-23-20-37(50)45-42(48)52)22-19-34-36(60-41(39(34)57-5)49-24-21-38(51)46-43(49)53)27-58-44(28-9-7-6-8-10-28,29-11-15-31(54-2)16-12-29)30-13-17-32(55-3)18-14-30/h6-18,20-21,23-25,33-36,39-41H,19,22,26-27H2,1-5H3,(H,45,50,52)(H,46,51,53)/t33-,34-,35-,36-,39-,40-,41-/m1/s1. The van der Waals surface area contributed by atoms with Gasteiger partial charge in [-0.2, -0.15) is 0 Å². The maximum atomic E-state index is 13.2. The number of aromatic amines is 2. The minimum atomic E-state index is -1.14. The Morgan fingerprint density at radius 1 is 0.683 bits per heavy atom. The van der Waals surface area contributed by atoms with E-state index in [1.165, 1.54) is 40.8 Å². The first-order valence-electron chi connectivity index (χ1n) is 19.6. The van der Waals surface area contributed by atoms with E-state index in [9.17, 15) is 19.2 Å². The Labute approximate surface area is 346 Å². The van der Waals surface area contributed by atoms with E-state index in [1.807, 2.05) is 92.3 Å². The summed E-state index contributed by atoms with van der Waals surface area (Å²) in [7, 11) is 8.31. The Morgan fingerprint density at radius 3 is 1.75 bits per heavy atom. The maximum absolute atomic E-state index is 13.2. The van der Waals surface area contributed by atoms with Gasteiger partial charge in [0.1, 0.15) is 29.3 Å². The zero-order valence-corrected chi connectivity index (χ0v) is 34.1. The summed E-state index contributed by atoms with van der Waals surface area (Å²) < 4.78 is 45.8. The van der Waals surface area contributed by atoms with Gasteiger partial charge >= 0.3 is 11.4 Å². The van der Waals surface area contributed by atoms with E-state index in [-0.39, 0.29) is 12.5 Å². The number of rotatable bonds is 17. The highest BCUT2D eigenvalue weighted by molar-refractivity contribution is 5.49. The second-order valence-electron chi connectivity index (χ2n) is 14.8. The second-order valence-corrected chi connectivity index (χ2v) is 14.8. The molecule has 60 heavy (non-hydrogen) atoms. The van der Waals surface area contributed by atoms with Crippen molar-refractivity contribution in [2.75, 3.05) is 55.2 Å². The van der Waals surface area contributed by atoms with Crippen LogP contribution in [0.25, 0.3) is 0 Å². The predicted octanol–water partition coefficient (Wildman–Crippen LogP) is 3.08. The molecule has 0 unspecified atom stereocenters. The molecule has 16 nitrogen and oxygen atoms in total. The van der Waals surface area contributed by atoms with Crippen LogP contribution in [0, 0.1) is 12.3 Å². The number of methoxy groups -OCH3 is 4. The molecule has 2 saturated heterocycles. The SMILES string of the molecule is COc1ccc(C(OC[C@H]2O[C@@H](n3ccc(=O)[nH]c3=O)[C@H](OC)[C@@H]2CCN(C)C[C@H]2[CH][C@@H](OC)[C@H](n3ccc(=O)[nH]c3=O)O2)(c2ccccc2)c2ccc(OC)cc2)cc1. The summed E-state index contributed by atoms with van der Waals surface area (Å²) in [5.74, 6) is 1.07. The number of benzene rings is 3. The summed E-state index contributed by atoms with van der Waals surface area (Å²) in [5, 5.41) is 0. The number of H-pyrrole nitrogens is 2. The maximum Gasteiger partial charge on any atom is 0.330 e. The van der Waals surface area contributed by atoms with E-state index in [4.69, 9.17) is 33.2 Å². The average Bonchev–Trinajstić information content (AvgIpc) is 3.83. The van der Waals surface area contributed by atoms with E-state index >= 15 is 0 Å². The molecule has 0 amide bonds. The van der Waals surface area contributed by atoms with Crippen molar-refractivity contribution in [3.05, 3.63) is 168 Å². The fourth-order valence-corrected chi connectivity index (χ4v) is 8.24. The molecule has 2 aromatic heterocycles. The smallest absolute Gasteiger partial charge is 0.330 e. The van der Waals surface area contributed by atoms with Crippen LogP contribution in [0.1, 0.15) is 35.6 Å². The lowest BCUT2D eigenvalue weighted by Gasteiger charge is -2.37. The lowest BCUT2D eigenvalue weighted by atomic mass is 9.79. The lowest BCUT2D eigenvalue weighted by Crippen LogP contribution is -2.39. The van der Waals surface area contributed by atoms with Crippen LogP contribution in [0.5, 0.6) is 11.5 Å². The van der Waals surface area contributed by atoms with Crippen molar-refractivity contribution in [3.8, 4) is 11.5 Å². The van der Waals surface area contributed by atoms with E-state index in [0.717, 1.165) is 16.7 Å². The topological polar surface area (TPSA) is 178 Å². The molecule has 16 heteroatoms. The van der Waals surface area contributed by atoms with Crippen LogP contribution in [-0.4, -0.2) is 104 Å². The van der Waals surface area contributed by atoms with Crippen LogP contribution in [0.4, 0.5) is 0 Å². The minimum Gasteiger partial charge on any atom is -0.497 e. The van der Waals surface area contributed by atoms with Crippen molar-refractivity contribution in [2.24, 2.45) is 5.92 Å². The molecule has 7 atom stereocenters. The zero-order chi connectivity index (χ0) is 42.4. The van der Waals surface area contributed by atoms with Gasteiger partial charge in [0.15, 0.2) is 12.5 Å². The van der Waals surface area contributed by atoms with Gasteiger partial charge in [0, 0.05) is 57.6 Å². The van der Waals surface area contributed by atoms with Gasteiger partial charge in [0.25, 0.3) is 11.1 Å². The number of likely N-dealkylation sites (N-methyl/N-ethyl adjacent to an activating group) is 1. The van der Waals surface area contributed by atoms with E-state index in [1.54, 1.807) is 21.3 Å². The fourth-order valence-electron chi connectivity index (χ4n) is 8.24. The molecule has 1 radical (unpaired) electrons. The molecule has 2 aliphatic heterocycles. The van der Waals surface area contributed by atoms with Gasteiger partial charge in [0.2, 0.25) is 0 Å². The molecule has 0 aliphatic carbocycles. The second kappa shape index (κ2) is 18.8. The quantitative estimate of drug-likeness (QED) is 0.131. The normalized spacial score (nSPS) is 22.9. The Hall–Kier alpha value is -5.62. The van der Waals surface area contributed by atoms with Gasteiger partial charge in [-0.1, -0.05) is 54.6 Å². The van der Waals surface area contributed by atoms with Gasteiger partial charge in [0.05, 0.1) is 33.0 Å². The predicted molar refractivity (Wildman–Crippen MR) is 220 cm³/mol. The van der Waals surface area contributed by atoms with Crippen LogP contribution < -0.4 is 32.0 Å². The van der Waals surface area contributed by atoms with Crippen molar-refractivity contribution in [2.45, 2.75) is 48.9 Å². The van der Waals surface area contributed by atoms with E-state index in [2.05, 4.69) is 14.9 Å². The summed E-state index contributed by atoms with van der Waals surface area (Å²) in [4.78, 5) is 56.3. The number of aromatic nitrogens is 4. The summed E-state index contributed by atoms with van der Waals surface area (Å²) in [6, 6.07) is 28.0. The summed E-state index contributed by atoms with van der Waals surface area (Å²) >= 11 is 0. The van der Waals surface area contributed by atoms with Crippen LogP contribution in [0.15, 0.2) is 123 Å². The van der Waals surface area contributed by atoms with E-state index < -0.39 is 65.0 Å². The molecule has 317 valence electrons. The molecule has 2 aliphatic rings. The summed E-state index contributed by atoms with van der Waals surface area (Å²) in [6.45, 7) is 1.07. The van der Waals surface area contributed by atoms with Crippen LogP contribution in [0.3, 0.4) is 0 Å². The Bertz CT molecular complexity index is 2370. The highest BCUT2D eigenvalue weighted by atomic mass is 16.6. The molecule has 3 aromatic carbocycles. The minimum absolute atomic E-state index is 0.0699. The van der Waals surface area contributed by atoms with Gasteiger partial charge in [-0.15, -0.1) is 0 Å². The van der Waals surface area contributed by atoms with E-state index in [0.29, 0.717) is 31.0 Å². The molecule has 0 bridgehead atoms. The molecule has 7 rings (SSSR count). The van der Waals surface area contributed by atoms with Gasteiger partial charge in [-0.05, 0) is 61.0 Å². The van der Waals surface area contributed by atoms with Crippen LogP contribution in [-0.2, 0) is 29.3 Å². The third kappa shape index (κ3) is 8.80. The molecular weight excluding hydrogens is 775 g/mol. The lowest BCUT2D eigenvalue weighted by molar-refractivity contribution is -0.0932. The van der Waals surface area contributed by atoms with Crippen LogP contribution >= 0.6 is 0 Å². The summed E-state index contributed by atoms with van der Waals surface area (Å²) in [6.07, 6.45) is 1.43. The van der Waals surface area contributed by atoms with Gasteiger partial charge in [-0.3, -0.25) is 28.7 Å². The monoisotopic (exact) mass is 824 g/mol. The third-order valence-electron chi connectivity index (χ3n) is 11.3. The average molecular weight is 825 g/mol. The molecule has 0 spiro atoms. The number of hydrogen-bond donors (Lipinski definition) is 2. The van der Waals surface area contributed by atoms with Crippen molar-refractivity contribution in [1.29, 1.82) is 0 Å². The Morgan fingerprint density at radius 2 is 1.23 bits per heavy atom.